The van der Waals surface area contributed by atoms with Crippen molar-refractivity contribution in [2.45, 2.75) is 40.0 Å². The lowest BCUT2D eigenvalue weighted by Gasteiger charge is -2.14. The molecule has 8 nitrogen and oxygen atoms in total. The average molecular weight is 507 g/mol. The lowest BCUT2D eigenvalue weighted by atomic mass is 10.1. The van der Waals surface area contributed by atoms with Gasteiger partial charge in [0.2, 0.25) is 5.13 Å². The topological polar surface area (TPSA) is 106 Å². The zero-order valence-corrected chi connectivity index (χ0v) is 21.6. The average Bonchev–Trinajstić information content (AvgIpc) is 3.33. The number of nitriles is 1. The number of rotatable bonds is 13. The Morgan fingerprint density at radius 2 is 1.83 bits per heavy atom. The number of anilines is 1. The SMILES string of the molecule is CCCCc1nnc(NC(=O)/C(C#N)=C\c2ccc(OCCOc3ccccc3C)c(OCC)c2)s1. The predicted molar refractivity (Wildman–Crippen MR) is 141 cm³/mol. The number of carbonyl (C=O) groups is 1. The molecule has 188 valence electrons. The molecular weight excluding hydrogens is 476 g/mol. The summed E-state index contributed by atoms with van der Waals surface area (Å²) in [6.07, 6.45) is 4.38. The number of carbonyl (C=O) groups excluding carboxylic acids is 1. The van der Waals surface area contributed by atoms with Crippen molar-refractivity contribution in [2.24, 2.45) is 0 Å². The van der Waals surface area contributed by atoms with Gasteiger partial charge in [-0.05, 0) is 55.7 Å². The van der Waals surface area contributed by atoms with E-state index in [0.29, 0.717) is 42.0 Å². The Bertz CT molecular complexity index is 1230. The highest BCUT2D eigenvalue weighted by Gasteiger charge is 2.14. The molecule has 0 aliphatic rings. The number of aryl methyl sites for hydroxylation is 2. The molecule has 3 rings (SSSR count). The Balaban J connectivity index is 1.64. The normalized spacial score (nSPS) is 11.0. The predicted octanol–water partition coefficient (Wildman–Crippen LogP) is 5.59. The number of nitrogens with one attached hydrogen (secondary N) is 1. The summed E-state index contributed by atoms with van der Waals surface area (Å²) in [5, 5.41) is 21.5. The van der Waals surface area contributed by atoms with Gasteiger partial charge in [0.15, 0.2) is 11.5 Å². The number of benzene rings is 2. The molecule has 9 heteroatoms. The van der Waals surface area contributed by atoms with Crippen molar-refractivity contribution in [3.63, 3.8) is 0 Å². The molecule has 1 N–H and O–H groups in total. The second kappa shape index (κ2) is 13.9. The summed E-state index contributed by atoms with van der Waals surface area (Å²) in [5.41, 5.74) is 1.64. The van der Waals surface area contributed by atoms with Gasteiger partial charge in [-0.15, -0.1) is 10.2 Å². The van der Waals surface area contributed by atoms with E-state index in [2.05, 4.69) is 22.4 Å². The highest BCUT2D eigenvalue weighted by molar-refractivity contribution is 7.15. The van der Waals surface area contributed by atoms with Crippen LogP contribution in [0.15, 0.2) is 48.0 Å². The van der Waals surface area contributed by atoms with Crippen LogP contribution in [0.4, 0.5) is 5.13 Å². The van der Waals surface area contributed by atoms with Gasteiger partial charge in [0.25, 0.3) is 5.91 Å². The molecule has 0 radical (unpaired) electrons. The molecule has 0 saturated heterocycles. The molecule has 36 heavy (non-hydrogen) atoms. The van der Waals surface area contributed by atoms with E-state index < -0.39 is 5.91 Å². The van der Waals surface area contributed by atoms with Gasteiger partial charge in [0, 0.05) is 6.42 Å². The number of amides is 1. The van der Waals surface area contributed by atoms with E-state index in [4.69, 9.17) is 14.2 Å². The van der Waals surface area contributed by atoms with Crippen LogP contribution >= 0.6 is 11.3 Å². The summed E-state index contributed by atoms with van der Waals surface area (Å²) in [6.45, 7) is 7.11. The number of unbranched alkanes of at least 4 members (excludes halogenated alkanes) is 1. The molecule has 0 aliphatic carbocycles. The van der Waals surface area contributed by atoms with Crippen molar-refractivity contribution in [3.05, 3.63) is 64.2 Å². The Hall–Kier alpha value is -3.90. The Morgan fingerprint density at radius 1 is 1.06 bits per heavy atom. The zero-order valence-electron chi connectivity index (χ0n) is 20.7. The van der Waals surface area contributed by atoms with Gasteiger partial charge >= 0.3 is 0 Å². The van der Waals surface area contributed by atoms with Crippen molar-refractivity contribution < 1.29 is 19.0 Å². The quantitative estimate of drug-likeness (QED) is 0.183. The van der Waals surface area contributed by atoms with Crippen LogP contribution in [0.25, 0.3) is 6.08 Å². The molecule has 0 unspecified atom stereocenters. The third kappa shape index (κ3) is 7.82. The monoisotopic (exact) mass is 506 g/mol. The van der Waals surface area contributed by atoms with Gasteiger partial charge in [-0.25, -0.2) is 0 Å². The standard InChI is InChI=1S/C27H30N4O4S/c1-4-6-11-25-30-31-27(36-25)29-26(32)21(18-28)16-20-12-13-23(24(17-20)33-5-2)35-15-14-34-22-10-8-7-9-19(22)3/h7-10,12-13,16-17H,4-6,11,14-15H2,1-3H3,(H,29,31,32)/b21-16-. The third-order valence-electron chi connectivity index (χ3n) is 5.07. The minimum atomic E-state index is -0.540. The van der Waals surface area contributed by atoms with Gasteiger partial charge in [0.05, 0.1) is 6.61 Å². The van der Waals surface area contributed by atoms with Gasteiger partial charge in [-0.3, -0.25) is 10.1 Å². The summed E-state index contributed by atoms with van der Waals surface area (Å²) in [7, 11) is 0. The first-order valence-electron chi connectivity index (χ1n) is 11.9. The van der Waals surface area contributed by atoms with Gasteiger partial charge in [-0.1, -0.05) is 48.9 Å². The van der Waals surface area contributed by atoms with E-state index in [1.807, 2.05) is 44.2 Å². The third-order valence-corrected chi connectivity index (χ3v) is 5.97. The van der Waals surface area contributed by atoms with E-state index in [-0.39, 0.29) is 5.57 Å². The lowest BCUT2D eigenvalue weighted by molar-refractivity contribution is -0.112. The van der Waals surface area contributed by atoms with Crippen LogP contribution in [0, 0.1) is 18.3 Å². The minimum Gasteiger partial charge on any atom is -0.490 e. The first kappa shape index (κ1) is 26.7. The number of nitrogens with zero attached hydrogens (tertiary/aromatic N) is 3. The molecule has 0 bridgehead atoms. The largest absolute Gasteiger partial charge is 0.490 e. The van der Waals surface area contributed by atoms with Crippen LogP contribution in [-0.2, 0) is 11.2 Å². The van der Waals surface area contributed by atoms with Crippen LogP contribution in [0.3, 0.4) is 0 Å². The minimum absolute atomic E-state index is 0.0527. The van der Waals surface area contributed by atoms with Crippen molar-refractivity contribution in [3.8, 4) is 23.3 Å². The highest BCUT2D eigenvalue weighted by atomic mass is 32.1. The van der Waals surface area contributed by atoms with Crippen LogP contribution in [0.1, 0.15) is 42.8 Å². The molecule has 3 aromatic rings. The first-order chi connectivity index (χ1) is 17.5. The van der Waals surface area contributed by atoms with Crippen molar-refractivity contribution in [1.29, 1.82) is 5.26 Å². The fourth-order valence-corrected chi connectivity index (χ4v) is 4.01. The van der Waals surface area contributed by atoms with Crippen LogP contribution in [0.5, 0.6) is 17.2 Å². The van der Waals surface area contributed by atoms with Crippen molar-refractivity contribution in [2.75, 3.05) is 25.1 Å². The Morgan fingerprint density at radius 3 is 2.56 bits per heavy atom. The number of aromatic nitrogens is 2. The molecule has 0 atom stereocenters. The summed E-state index contributed by atoms with van der Waals surface area (Å²) in [5.74, 6) is 1.35. The summed E-state index contributed by atoms with van der Waals surface area (Å²) in [4.78, 5) is 12.6. The van der Waals surface area contributed by atoms with E-state index >= 15 is 0 Å². The summed E-state index contributed by atoms with van der Waals surface area (Å²) < 4.78 is 17.4. The summed E-state index contributed by atoms with van der Waals surface area (Å²) >= 11 is 1.32. The molecular formula is C27H30N4O4S. The Kier molecular flexibility index (Phi) is 10.3. The van der Waals surface area contributed by atoms with E-state index in [1.54, 1.807) is 18.2 Å². The zero-order chi connectivity index (χ0) is 25.8. The lowest BCUT2D eigenvalue weighted by Crippen LogP contribution is -2.13. The smallest absolute Gasteiger partial charge is 0.268 e. The number of hydrogen-bond donors (Lipinski definition) is 1. The maximum atomic E-state index is 12.6. The molecule has 0 fully saturated rings. The van der Waals surface area contributed by atoms with E-state index in [1.165, 1.54) is 17.4 Å². The highest BCUT2D eigenvalue weighted by Crippen LogP contribution is 2.30. The van der Waals surface area contributed by atoms with E-state index in [9.17, 15) is 10.1 Å². The molecule has 1 aromatic heterocycles. The fraction of sp³-hybridized carbons (Fsp3) is 0.333. The second-order valence-corrected chi connectivity index (χ2v) is 8.89. The van der Waals surface area contributed by atoms with Crippen LogP contribution in [-0.4, -0.2) is 35.9 Å². The van der Waals surface area contributed by atoms with E-state index in [0.717, 1.165) is 35.6 Å². The molecule has 1 heterocycles. The van der Waals surface area contributed by atoms with Crippen LogP contribution in [0.2, 0.25) is 0 Å². The molecule has 0 saturated carbocycles. The maximum absolute atomic E-state index is 12.6. The molecule has 1 amide bonds. The first-order valence-corrected chi connectivity index (χ1v) is 12.7. The summed E-state index contributed by atoms with van der Waals surface area (Å²) in [6, 6.07) is 15.0. The molecule has 0 spiro atoms. The van der Waals surface area contributed by atoms with Gasteiger partial charge in [0.1, 0.15) is 35.6 Å². The van der Waals surface area contributed by atoms with Gasteiger partial charge in [-0.2, -0.15) is 5.26 Å². The molecule has 0 aliphatic heterocycles. The van der Waals surface area contributed by atoms with Crippen molar-refractivity contribution in [1.82, 2.24) is 10.2 Å². The Labute approximate surface area is 215 Å². The second-order valence-electron chi connectivity index (χ2n) is 7.83. The number of para-hydroxylation sites is 1. The van der Waals surface area contributed by atoms with Gasteiger partial charge < -0.3 is 14.2 Å². The van der Waals surface area contributed by atoms with Crippen LogP contribution < -0.4 is 19.5 Å². The fourth-order valence-electron chi connectivity index (χ4n) is 3.24. The number of ether oxygens (including phenoxy) is 3. The number of hydrogen-bond acceptors (Lipinski definition) is 8. The van der Waals surface area contributed by atoms with Crippen molar-refractivity contribution >= 4 is 28.5 Å². The maximum Gasteiger partial charge on any atom is 0.268 e. The molecule has 2 aromatic carbocycles.